The van der Waals surface area contributed by atoms with Crippen LogP contribution in [0.3, 0.4) is 0 Å². The van der Waals surface area contributed by atoms with E-state index in [0.717, 1.165) is 0 Å². The molecule has 0 radical (unpaired) electrons. The quantitative estimate of drug-likeness (QED) is 0.484. The van der Waals surface area contributed by atoms with E-state index in [2.05, 4.69) is 15.3 Å². The number of hydrogen-bond acceptors (Lipinski definition) is 5. The molecule has 4 N–H and O–H groups in total. The second-order valence-corrected chi connectivity index (χ2v) is 3.54. The van der Waals surface area contributed by atoms with Gasteiger partial charge in [-0.2, -0.15) is 0 Å². The van der Waals surface area contributed by atoms with Crippen LogP contribution in [0, 0.1) is 0 Å². The summed E-state index contributed by atoms with van der Waals surface area (Å²) in [6, 6.07) is 0. The number of β-amino-alcohol motifs (C(OH)–C–C–N with tert-alkyl or cyclic N) is 1. The van der Waals surface area contributed by atoms with E-state index in [1.54, 1.807) is 11.8 Å². The monoisotopic (exact) mass is 212 g/mol. The SMILES string of the molecule is CC(O)CN1CNc2c1[nH]c(=O)[nH]c2=O. The summed E-state index contributed by atoms with van der Waals surface area (Å²) in [7, 11) is 0. The Hall–Kier alpha value is -1.76. The lowest BCUT2D eigenvalue weighted by atomic mass is 10.3. The molecule has 82 valence electrons. The largest absolute Gasteiger partial charge is 0.392 e. The summed E-state index contributed by atoms with van der Waals surface area (Å²) in [4.78, 5) is 28.7. The second kappa shape index (κ2) is 3.43. The van der Waals surface area contributed by atoms with Crippen LogP contribution in [-0.4, -0.2) is 34.4 Å². The van der Waals surface area contributed by atoms with Gasteiger partial charge in [-0.3, -0.25) is 14.8 Å². The van der Waals surface area contributed by atoms with Crippen LogP contribution in [0.2, 0.25) is 0 Å². The van der Waals surface area contributed by atoms with Gasteiger partial charge in [-0.1, -0.05) is 0 Å². The Bertz CT molecular complexity index is 476. The molecule has 7 heteroatoms. The molecule has 1 aliphatic heterocycles. The third kappa shape index (κ3) is 1.73. The zero-order valence-electron chi connectivity index (χ0n) is 8.20. The van der Waals surface area contributed by atoms with Crippen molar-refractivity contribution in [3.05, 3.63) is 20.8 Å². The van der Waals surface area contributed by atoms with Crippen molar-refractivity contribution in [2.75, 3.05) is 23.4 Å². The minimum Gasteiger partial charge on any atom is -0.392 e. The summed E-state index contributed by atoms with van der Waals surface area (Å²) >= 11 is 0. The van der Waals surface area contributed by atoms with Crippen molar-refractivity contribution in [3.8, 4) is 0 Å². The van der Waals surface area contributed by atoms with E-state index in [0.29, 0.717) is 24.7 Å². The molecule has 1 aliphatic rings. The number of hydrogen-bond donors (Lipinski definition) is 4. The second-order valence-electron chi connectivity index (χ2n) is 3.54. The molecule has 15 heavy (non-hydrogen) atoms. The predicted molar refractivity (Wildman–Crippen MR) is 55.2 cm³/mol. The number of nitrogens with one attached hydrogen (secondary N) is 3. The van der Waals surface area contributed by atoms with Gasteiger partial charge in [0.05, 0.1) is 12.8 Å². The van der Waals surface area contributed by atoms with Crippen LogP contribution >= 0.6 is 0 Å². The number of aliphatic hydroxyl groups excluding tert-OH is 1. The van der Waals surface area contributed by atoms with Crippen molar-refractivity contribution in [2.24, 2.45) is 0 Å². The van der Waals surface area contributed by atoms with Gasteiger partial charge in [0.2, 0.25) is 0 Å². The molecule has 0 amide bonds. The molecule has 2 heterocycles. The number of nitrogens with zero attached hydrogens (tertiary/aromatic N) is 1. The van der Waals surface area contributed by atoms with E-state index in [1.807, 2.05) is 0 Å². The van der Waals surface area contributed by atoms with Crippen LogP contribution in [0.5, 0.6) is 0 Å². The topological polar surface area (TPSA) is 101 Å². The lowest BCUT2D eigenvalue weighted by molar-refractivity contribution is 0.200. The summed E-state index contributed by atoms with van der Waals surface area (Å²) in [5.41, 5.74) is -0.643. The van der Waals surface area contributed by atoms with Crippen LogP contribution in [0.1, 0.15) is 6.92 Å². The number of fused-ring (bicyclic) bond motifs is 1. The number of aromatic nitrogens is 2. The van der Waals surface area contributed by atoms with Gasteiger partial charge in [0.25, 0.3) is 5.56 Å². The van der Waals surface area contributed by atoms with E-state index in [1.165, 1.54) is 0 Å². The molecule has 0 saturated heterocycles. The molecule has 0 spiro atoms. The molecule has 0 fully saturated rings. The van der Waals surface area contributed by atoms with Gasteiger partial charge < -0.3 is 15.3 Å². The van der Waals surface area contributed by atoms with Gasteiger partial charge >= 0.3 is 5.69 Å². The van der Waals surface area contributed by atoms with Crippen molar-refractivity contribution in [1.29, 1.82) is 0 Å². The zero-order valence-corrected chi connectivity index (χ0v) is 8.20. The van der Waals surface area contributed by atoms with Gasteiger partial charge in [-0.25, -0.2) is 4.79 Å². The van der Waals surface area contributed by atoms with Gasteiger partial charge in [0, 0.05) is 6.54 Å². The van der Waals surface area contributed by atoms with E-state index in [4.69, 9.17) is 0 Å². The lowest BCUT2D eigenvalue weighted by Crippen LogP contribution is -2.32. The fraction of sp³-hybridized carbons (Fsp3) is 0.500. The summed E-state index contributed by atoms with van der Waals surface area (Å²) in [6.07, 6.45) is -0.527. The molecule has 1 unspecified atom stereocenters. The third-order valence-corrected chi connectivity index (χ3v) is 2.17. The van der Waals surface area contributed by atoms with Crippen LogP contribution in [0.4, 0.5) is 11.5 Å². The molecule has 0 bridgehead atoms. The molecule has 1 aromatic rings. The van der Waals surface area contributed by atoms with Crippen LogP contribution < -0.4 is 21.5 Å². The third-order valence-electron chi connectivity index (χ3n) is 2.17. The standard InChI is InChI=1S/C8H12N4O3/c1-4(13)2-12-3-9-5-6(12)10-8(15)11-7(5)14/h4,9,13H,2-3H2,1H3,(H2,10,11,14,15). The molecule has 2 rings (SSSR count). The fourth-order valence-corrected chi connectivity index (χ4v) is 1.60. The highest BCUT2D eigenvalue weighted by atomic mass is 16.3. The Morgan fingerprint density at radius 2 is 2.20 bits per heavy atom. The van der Waals surface area contributed by atoms with Crippen LogP contribution in [0.25, 0.3) is 0 Å². The van der Waals surface area contributed by atoms with Crippen molar-refractivity contribution < 1.29 is 5.11 Å². The first-order valence-electron chi connectivity index (χ1n) is 4.61. The molecule has 1 atom stereocenters. The van der Waals surface area contributed by atoms with Gasteiger partial charge in [-0.05, 0) is 6.92 Å². The number of aliphatic hydroxyl groups is 1. The predicted octanol–water partition coefficient (Wildman–Crippen LogP) is -1.37. The molecule has 0 saturated carbocycles. The molecule has 0 aromatic carbocycles. The van der Waals surface area contributed by atoms with Gasteiger partial charge in [0.15, 0.2) is 0 Å². The van der Waals surface area contributed by atoms with Gasteiger partial charge in [0.1, 0.15) is 11.5 Å². The first-order chi connectivity index (χ1) is 7.08. The highest BCUT2D eigenvalue weighted by molar-refractivity contribution is 5.69. The fourth-order valence-electron chi connectivity index (χ4n) is 1.60. The Morgan fingerprint density at radius 3 is 2.87 bits per heavy atom. The maximum atomic E-state index is 11.3. The summed E-state index contributed by atoms with van der Waals surface area (Å²) in [6.45, 7) is 2.41. The van der Waals surface area contributed by atoms with E-state index in [-0.39, 0.29) is 0 Å². The van der Waals surface area contributed by atoms with E-state index < -0.39 is 17.4 Å². The first kappa shape index (κ1) is 9.78. The Kier molecular flexibility index (Phi) is 2.24. The molecular formula is C8H12N4O3. The van der Waals surface area contributed by atoms with Crippen molar-refractivity contribution in [1.82, 2.24) is 9.97 Å². The zero-order chi connectivity index (χ0) is 11.0. The maximum absolute atomic E-state index is 11.3. The number of H-pyrrole nitrogens is 2. The molecule has 7 nitrogen and oxygen atoms in total. The molecular weight excluding hydrogens is 200 g/mol. The Labute approximate surface area is 84.8 Å². The molecule has 1 aromatic heterocycles. The van der Waals surface area contributed by atoms with Crippen molar-refractivity contribution in [3.63, 3.8) is 0 Å². The van der Waals surface area contributed by atoms with Crippen molar-refractivity contribution >= 4 is 11.5 Å². The number of rotatable bonds is 2. The highest BCUT2D eigenvalue weighted by Gasteiger charge is 2.23. The average molecular weight is 212 g/mol. The smallest absolute Gasteiger partial charge is 0.327 e. The van der Waals surface area contributed by atoms with Crippen LogP contribution in [-0.2, 0) is 0 Å². The Morgan fingerprint density at radius 1 is 1.47 bits per heavy atom. The maximum Gasteiger partial charge on any atom is 0.327 e. The molecule has 0 aliphatic carbocycles. The summed E-state index contributed by atoms with van der Waals surface area (Å²) < 4.78 is 0. The highest BCUT2D eigenvalue weighted by Crippen LogP contribution is 2.22. The number of aromatic amines is 2. The summed E-state index contributed by atoms with van der Waals surface area (Å²) in [5, 5.41) is 12.1. The van der Waals surface area contributed by atoms with E-state index in [9.17, 15) is 14.7 Å². The van der Waals surface area contributed by atoms with Crippen LogP contribution in [0.15, 0.2) is 9.59 Å². The average Bonchev–Trinajstić information content (AvgIpc) is 2.48. The minimum absolute atomic E-state index is 0.343. The normalized spacial score (nSPS) is 16.0. The number of anilines is 2. The lowest BCUT2D eigenvalue weighted by Gasteiger charge is -2.18. The summed E-state index contributed by atoms with van der Waals surface area (Å²) in [5.74, 6) is 0.435. The van der Waals surface area contributed by atoms with Crippen molar-refractivity contribution in [2.45, 2.75) is 13.0 Å². The first-order valence-corrected chi connectivity index (χ1v) is 4.61. The Balaban J connectivity index is 2.42. The van der Waals surface area contributed by atoms with Gasteiger partial charge in [-0.15, -0.1) is 0 Å². The minimum atomic E-state index is -0.543. The van der Waals surface area contributed by atoms with E-state index >= 15 is 0 Å².